The molecule has 1 aromatic heterocycles. The third-order valence-electron chi connectivity index (χ3n) is 5.93. The van der Waals surface area contributed by atoms with Crippen molar-refractivity contribution >= 4 is 33.4 Å². The third kappa shape index (κ3) is 3.95. The maximum atomic E-state index is 13.1. The van der Waals surface area contributed by atoms with Crippen LogP contribution in [0.5, 0.6) is 0 Å². The van der Waals surface area contributed by atoms with Gasteiger partial charge in [-0.05, 0) is 37.5 Å². The van der Waals surface area contributed by atoms with Gasteiger partial charge >= 0.3 is 0 Å². The molecule has 2 amide bonds. The van der Waals surface area contributed by atoms with Crippen LogP contribution in [0.25, 0.3) is 0 Å². The summed E-state index contributed by atoms with van der Waals surface area (Å²) in [6.07, 6.45) is 4.64. The van der Waals surface area contributed by atoms with Crippen molar-refractivity contribution in [2.45, 2.75) is 46.0 Å². The Kier molecular flexibility index (Phi) is 5.34. The maximum Gasteiger partial charge on any atom is 0.228 e. The summed E-state index contributed by atoms with van der Waals surface area (Å²) in [5.74, 6) is 1.65. The summed E-state index contributed by atoms with van der Waals surface area (Å²) in [6, 6.07) is 0. The number of carbonyl (C=O) groups excluding carboxylic acids is 2. The molecule has 0 radical (unpaired) electrons. The molecule has 7 nitrogen and oxygen atoms in total. The molecule has 3 saturated heterocycles. The molecule has 0 saturated carbocycles. The van der Waals surface area contributed by atoms with Crippen molar-refractivity contribution in [2.75, 3.05) is 42.5 Å². The number of carbonyl (C=O) groups is 2. The first kappa shape index (κ1) is 18.7. The number of aromatic nitrogens is 2. The molecule has 8 heteroatoms. The van der Waals surface area contributed by atoms with Crippen LogP contribution < -0.4 is 9.80 Å². The van der Waals surface area contributed by atoms with Crippen LogP contribution >= 0.6 is 11.3 Å². The fourth-order valence-corrected chi connectivity index (χ4v) is 5.67. The third-order valence-corrected chi connectivity index (χ3v) is 6.94. The first-order chi connectivity index (χ1) is 13.0. The van der Waals surface area contributed by atoms with Crippen LogP contribution in [0.4, 0.5) is 10.3 Å². The summed E-state index contributed by atoms with van der Waals surface area (Å²) >= 11 is 1.47. The summed E-state index contributed by atoms with van der Waals surface area (Å²) in [4.78, 5) is 31.0. The number of nitrogens with zero attached hydrogens (tertiary/aromatic N) is 5. The highest BCUT2D eigenvalue weighted by Crippen LogP contribution is 2.33. The molecule has 3 atom stereocenters. The summed E-state index contributed by atoms with van der Waals surface area (Å²) in [5, 5.41) is 10.1. The fourth-order valence-electron chi connectivity index (χ4n) is 4.75. The normalized spacial score (nSPS) is 29.5. The van der Waals surface area contributed by atoms with Gasteiger partial charge in [0.2, 0.25) is 22.1 Å². The predicted octanol–water partition coefficient (Wildman–Crippen LogP) is 2.39. The Hall–Kier alpha value is -1.70. The number of amides is 2. The smallest absolute Gasteiger partial charge is 0.228 e. The Morgan fingerprint density at radius 3 is 2.48 bits per heavy atom. The van der Waals surface area contributed by atoms with Crippen LogP contribution in [-0.4, -0.2) is 59.6 Å². The second-order valence-corrected chi connectivity index (χ2v) is 9.42. The molecule has 3 aliphatic rings. The predicted molar refractivity (Wildman–Crippen MR) is 106 cm³/mol. The van der Waals surface area contributed by atoms with Crippen LogP contribution in [-0.2, 0) is 9.59 Å². The minimum absolute atomic E-state index is 0.0389. The molecule has 0 aliphatic carbocycles. The van der Waals surface area contributed by atoms with Gasteiger partial charge in [-0.2, -0.15) is 0 Å². The Morgan fingerprint density at radius 2 is 1.78 bits per heavy atom. The zero-order valence-electron chi connectivity index (χ0n) is 16.3. The van der Waals surface area contributed by atoms with E-state index in [1.807, 2.05) is 0 Å². The second-order valence-electron chi connectivity index (χ2n) is 8.49. The van der Waals surface area contributed by atoms with E-state index < -0.39 is 0 Å². The molecule has 3 aliphatic heterocycles. The van der Waals surface area contributed by atoms with Gasteiger partial charge in [-0.15, -0.1) is 10.2 Å². The van der Waals surface area contributed by atoms with Crippen LogP contribution in [0.3, 0.4) is 0 Å². The van der Waals surface area contributed by atoms with Gasteiger partial charge in [0.15, 0.2) is 0 Å². The highest BCUT2D eigenvalue weighted by Gasteiger charge is 2.34. The monoisotopic (exact) mass is 391 g/mol. The van der Waals surface area contributed by atoms with E-state index in [0.717, 1.165) is 50.6 Å². The fraction of sp³-hybridized carbons (Fsp3) is 0.789. The lowest BCUT2D eigenvalue weighted by molar-refractivity contribution is -0.138. The number of hydrogen-bond acceptors (Lipinski definition) is 6. The van der Waals surface area contributed by atoms with Crippen molar-refractivity contribution in [3.8, 4) is 0 Å². The number of rotatable bonds is 3. The Bertz CT molecular complexity index is 698. The number of hydrogen-bond donors (Lipinski definition) is 0. The van der Waals surface area contributed by atoms with Crippen LogP contribution in [0.1, 0.15) is 46.0 Å². The lowest BCUT2D eigenvalue weighted by Crippen LogP contribution is -2.49. The zero-order chi connectivity index (χ0) is 19.0. The largest absolute Gasteiger partial charge is 0.346 e. The van der Waals surface area contributed by atoms with E-state index in [1.54, 1.807) is 4.90 Å². The Labute approximate surface area is 164 Å². The first-order valence-electron chi connectivity index (χ1n) is 10.2. The SMILES string of the molecule is C[C@@H]1C[C@@H](C)CN(C(=O)[C@H]2CCCN(c3nnc(N4CCCC4=O)s3)C2)C1. The van der Waals surface area contributed by atoms with Crippen molar-refractivity contribution in [1.82, 2.24) is 15.1 Å². The van der Waals surface area contributed by atoms with E-state index in [4.69, 9.17) is 0 Å². The molecular formula is C19H29N5O2S. The van der Waals surface area contributed by atoms with Crippen molar-refractivity contribution < 1.29 is 9.59 Å². The molecule has 27 heavy (non-hydrogen) atoms. The van der Waals surface area contributed by atoms with E-state index in [2.05, 4.69) is 33.8 Å². The second kappa shape index (κ2) is 7.73. The average molecular weight is 392 g/mol. The van der Waals surface area contributed by atoms with Crippen LogP contribution in [0.15, 0.2) is 0 Å². The topological polar surface area (TPSA) is 69.6 Å². The van der Waals surface area contributed by atoms with E-state index in [0.29, 0.717) is 35.8 Å². The zero-order valence-corrected chi connectivity index (χ0v) is 17.1. The molecule has 1 aromatic rings. The van der Waals surface area contributed by atoms with Gasteiger partial charge in [0, 0.05) is 39.1 Å². The summed E-state index contributed by atoms with van der Waals surface area (Å²) in [7, 11) is 0. The van der Waals surface area contributed by atoms with Crippen molar-refractivity contribution in [2.24, 2.45) is 17.8 Å². The molecule has 3 fully saturated rings. The molecular weight excluding hydrogens is 362 g/mol. The Balaban J connectivity index is 1.41. The van der Waals surface area contributed by atoms with Crippen LogP contribution in [0, 0.1) is 17.8 Å². The number of likely N-dealkylation sites (tertiary alicyclic amines) is 1. The molecule has 4 rings (SSSR count). The van der Waals surface area contributed by atoms with E-state index >= 15 is 0 Å². The van der Waals surface area contributed by atoms with Gasteiger partial charge in [0.1, 0.15) is 0 Å². The van der Waals surface area contributed by atoms with Gasteiger partial charge < -0.3 is 9.80 Å². The summed E-state index contributed by atoms with van der Waals surface area (Å²) < 4.78 is 0. The van der Waals surface area contributed by atoms with E-state index in [9.17, 15) is 9.59 Å². The van der Waals surface area contributed by atoms with Crippen molar-refractivity contribution in [3.05, 3.63) is 0 Å². The highest BCUT2D eigenvalue weighted by atomic mass is 32.1. The quantitative estimate of drug-likeness (QED) is 0.791. The molecule has 0 spiro atoms. The molecule has 0 unspecified atom stereocenters. The highest BCUT2D eigenvalue weighted by molar-refractivity contribution is 7.19. The standard InChI is InChI=1S/C19H29N5O2S/c1-13-9-14(2)11-23(10-13)17(26)15-5-3-7-22(12-15)18-20-21-19(27-18)24-8-4-6-16(24)25/h13-15H,3-12H2,1-2H3/t13-,14-,15+/m1/s1. The minimum Gasteiger partial charge on any atom is -0.346 e. The minimum atomic E-state index is 0.0389. The molecule has 0 N–H and O–H groups in total. The van der Waals surface area contributed by atoms with E-state index in [-0.39, 0.29) is 11.8 Å². The maximum absolute atomic E-state index is 13.1. The van der Waals surface area contributed by atoms with Gasteiger partial charge in [-0.3, -0.25) is 14.5 Å². The summed E-state index contributed by atoms with van der Waals surface area (Å²) in [5.41, 5.74) is 0. The lowest BCUT2D eigenvalue weighted by atomic mass is 9.89. The van der Waals surface area contributed by atoms with Crippen molar-refractivity contribution in [3.63, 3.8) is 0 Å². The van der Waals surface area contributed by atoms with Crippen LogP contribution in [0.2, 0.25) is 0 Å². The van der Waals surface area contributed by atoms with Gasteiger partial charge in [-0.1, -0.05) is 25.2 Å². The van der Waals surface area contributed by atoms with E-state index in [1.165, 1.54) is 17.8 Å². The summed E-state index contributed by atoms with van der Waals surface area (Å²) in [6.45, 7) is 8.61. The first-order valence-corrected chi connectivity index (χ1v) is 11.0. The average Bonchev–Trinajstić information content (AvgIpc) is 3.29. The number of anilines is 2. The van der Waals surface area contributed by atoms with Gasteiger partial charge in [0.05, 0.1) is 5.92 Å². The van der Waals surface area contributed by atoms with Gasteiger partial charge in [-0.25, -0.2) is 0 Å². The lowest BCUT2D eigenvalue weighted by Gasteiger charge is -2.39. The number of piperidine rings is 2. The molecule has 0 aromatic carbocycles. The molecule has 4 heterocycles. The van der Waals surface area contributed by atoms with Gasteiger partial charge in [0.25, 0.3) is 0 Å². The Morgan fingerprint density at radius 1 is 1.04 bits per heavy atom. The van der Waals surface area contributed by atoms with Crippen molar-refractivity contribution in [1.29, 1.82) is 0 Å². The molecule has 148 valence electrons. The molecule has 0 bridgehead atoms.